The number of nitrogens with two attached hydrogens (primary N) is 2. The van der Waals surface area contributed by atoms with E-state index >= 15 is 0 Å². The van der Waals surface area contributed by atoms with Crippen molar-refractivity contribution in [1.29, 1.82) is 0 Å². The minimum atomic E-state index is -0.565. The molecule has 0 aliphatic heterocycles. The SMILES string of the molecule is Cc1nc(N)nc(-c2ccc(-c3ccccc3)cc2)c1C(N)=O. The molecule has 0 bridgehead atoms. The van der Waals surface area contributed by atoms with Crippen molar-refractivity contribution in [2.24, 2.45) is 5.73 Å². The van der Waals surface area contributed by atoms with E-state index in [0.29, 0.717) is 17.0 Å². The third-order valence-electron chi connectivity index (χ3n) is 3.62. The molecule has 114 valence electrons. The lowest BCUT2D eigenvalue weighted by atomic mass is 10.00. The Kier molecular flexibility index (Phi) is 3.76. The van der Waals surface area contributed by atoms with Gasteiger partial charge >= 0.3 is 0 Å². The number of aryl methyl sites for hydroxylation is 1. The molecular weight excluding hydrogens is 288 g/mol. The van der Waals surface area contributed by atoms with E-state index in [1.165, 1.54) is 0 Å². The molecule has 0 radical (unpaired) electrons. The second kappa shape index (κ2) is 5.88. The highest BCUT2D eigenvalue weighted by Crippen LogP contribution is 2.27. The summed E-state index contributed by atoms with van der Waals surface area (Å²) < 4.78 is 0. The number of benzene rings is 2. The van der Waals surface area contributed by atoms with E-state index in [0.717, 1.165) is 16.7 Å². The molecule has 2 aromatic carbocycles. The van der Waals surface area contributed by atoms with Crippen LogP contribution in [0.1, 0.15) is 16.1 Å². The molecule has 3 aromatic rings. The van der Waals surface area contributed by atoms with Crippen molar-refractivity contribution in [3.05, 3.63) is 65.9 Å². The second-order valence-corrected chi connectivity index (χ2v) is 5.20. The maximum Gasteiger partial charge on any atom is 0.252 e. The Bertz CT molecular complexity index is 858. The summed E-state index contributed by atoms with van der Waals surface area (Å²) in [6, 6.07) is 17.8. The molecule has 23 heavy (non-hydrogen) atoms. The molecule has 1 aromatic heterocycles. The lowest BCUT2D eigenvalue weighted by Crippen LogP contribution is -2.17. The predicted molar refractivity (Wildman–Crippen MR) is 90.6 cm³/mol. The number of nitrogens with zero attached hydrogens (tertiary/aromatic N) is 2. The maximum atomic E-state index is 11.7. The van der Waals surface area contributed by atoms with Gasteiger partial charge in [0, 0.05) is 5.56 Å². The normalized spacial score (nSPS) is 10.5. The number of anilines is 1. The van der Waals surface area contributed by atoms with E-state index in [2.05, 4.69) is 9.97 Å². The highest BCUT2D eigenvalue weighted by atomic mass is 16.1. The van der Waals surface area contributed by atoms with E-state index in [-0.39, 0.29) is 5.95 Å². The molecule has 1 heterocycles. The van der Waals surface area contributed by atoms with Crippen LogP contribution in [0.15, 0.2) is 54.6 Å². The smallest absolute Gasteiger partial charge is 0.252 e. The Morgan fingerprint density at radius 2 is 1.43 bits per heavy atom. The minimum Gasteiger partial charge on any atom is -0.368 e. The van der Waals surface area contributed by atoms with Crippen molar-refractivity contribution in [1.82, 2.24) is 9.97 Å². The van der Waals surface area contributed by atoms with Crippen LogP contribution in [0.2, 0.25) is 0 Å². The zero-order chi connectivity index (χ0) is 16.4. The Hall–Kier alpha value is -3.21. The van der Waals surface area contributed by atoms with Gasteiger partial charge in [0.05, 0.1) is 17.0 Å². The zero-order valence-corrected chi connectivity index (χ0v) is 12.7. The lowest BCUT2D eigenvalue weighted by Gasteiger charge is -2.10. The number of carbonyl (C=O) groups is 1. The third-order valence-corrected chi connectivity index (χ3v) is 3.62. The van der Waals surface area contributed by atoms with Gasteiger partial charge in [-0.2, -0.15) is 0 Å². The summed E-state index contributed by atoms with van der Waals surface area (Å²) in [5, 5.41) is 0. The van der Waals surface area contributed by atoms with Crippen LogP contribution in [0.5, 0.6) is 0 Å². The van der Waals surface area contributed by atoms with Gasteiger partial charge < -0.3 is 11.5 Å². The summed E-state index contributed by atoms with van der Waals surface area (Å²) in [4.78, 5) is 19.9. The van der Waals surface area contributed by atoms with Crippen LogP contribution in [0.25, 0.3) is 22.4 Å². The molecule has 5 heteroatoms. The molecule has 0 spiro atoms. The number of primary amides is 1. The minimum absolute atomic E-state index is 0.120. The standard InChI is InChI=1S/C18H16N4O/c1-11-15(17(19)23)16(22-18(20)21-11)14-9-7-13(8-10-14)12-5-3-2-4-6-12/h2-10H,1H3,(H2,19,23)(H2,20,21,22). The quantitative estimate of drug-likeness (QED) is 0.777. The summed E-state index contributed by atoms with van der Waals surface area (Å²) in [6.07, 6.45) is 0. The highest BCUT2D eigenvalue weighted by Gasteiger charge is 2.17. The molecule has 0 atom stereocenters. The van der Waals surface area contributed by atoms with Crippen molar-refractivity contribution in [2.75, 3.05) is 5.73 Å². The van der Waals surface area contributed by atoms with Crippen molar-refractivity contribution >= 4 is 11.9 Å². The molecule has 0 aliphatic rings. The van der Waals surface area contributed by atoms with Crippen LogP contribution in [-0.4, -0.2) is 15.9 Å². The largest absolute Gasteiger partial charge is 0.368 e. The van der Waals surface area contributed by atoms with Crippen LogP contribution in [0.4, 0.5) is 5.95 Å². The maximum absolute atomic E-state index is 11.7. The first-order chi connectivity index (χ1) is 11.1. The van der Waals surface area contributed by atoms with Crippen molar-refractivity contribution in [2.45, 2.75) is 6.92 Å². The van der Waals surface area contributed by atoms with Gasteiger partial charge in [-0.15, -0.1) is 0 Å². The van der Waals surface area contributed by atoms with Crippen LogP contribution >= 0.6 is 0 Å². The van der Waals surface area contributed by atoms with Crippen molar-refractivity contribution in [3.8, 4) is 22.4 Å². The first-order valence-corrected chi connectivity index (χ1v) is 7.16. The van der Waals surface area contributed by atoms with E-state index in [1.54, 1.807) is 6.92 Å². The topological polar surface area (TPSA) is 94.9 Å². The van der Waals surface area contributed by atoms with Crippen LogP contribution < -0.4 is 11.5 Å². The highest BCUT2D eigenvalue weighted by molar-refractivity contribution is 6.00. The number of amides is 1. The molecule has 3 rings (SSSR count). The fourth-order valence-corrected chi connectivity index (χ4v) is 2.55. The molecule has 1 amide bonds. The Labute approximate surface area is 134 Å². The van der Waals surface area contributed by atoms with Gasteiger partial charge in [0.2, 0.25) is 5.95 Å². The molecule has 0 saturated carbocycles. The summed E-state index contributed by atoms with van der Waals surface area (Å²) in [7, 11) is 0. The number of hydrogen-bond acceptors (Lipinski definition) is 4. The molecule has 0 unspecified atom stereocenters. The number of rotatable bonds is 3. The first-order valence-electron chi connectivity index (χ1n) is 7.16. The van der Waals surface area contributed by atoms with E-state index in [4.69, 9.17) is 11.5 Å². The zero-order valence-electron chi connectivity index (χ0n) is 12.7. The van der Waals surface area contributed by atoms with Crippen LogP contribution in [0, 0.1) is 6.92 Å². The van der Waals surface area contributed by atoms with Gasteiger partial charge in [-0.1, -0.05) is 54.6 Å². The van der Waals surface area contributed by atoms with E-state index < -0.39 is 5.91 Å². The van der Waals surface area contributed by atoms with E-state index in [9.17, 15) is 4.79 Å². The average molecular weight is 304 g/mol. The fourth-order valence-electron chi connectivity index (χ4n) is 2.55. The van der Waals surface area contributed by atoms with Gasteiger partial charge in [0.1, 0.15) is 0 Å². The summed E-state index contributed by atoms with van der Waals surface area (Å²) in [5.41, 5.74) is 15.4. The second-order valence-electron chi connectivity index (χ2n) is 5.20. The van der Waals surface area contributed by atoms with Gasteiger partial charge in [0.15, 0.2) is 0 Å². The van der Waals surface area contributed by atoms with E-state index in [1.807, 2.05) is 54.6 Å². The molecule has 4 N–H and O–H groups in total. The number of nitrogen functional groups attached to an aromatic ring is 1. The average Bonchev–Trinajstić information content (AvgIpc) is 2.54. The van der Waals surface area contributed by atoms with Gasteiger partial charge in [0.25, 0.3) is 5.91 Å². The van der Waals surface area contributed by atoms with Gasteiger partial charge in [-0.3, -0.25) is 4.79 Å². The Morgan fingerprint density at radius 3 is 2.04 bits per heavy atom. The molecule has 5 nitrogen and oxygen atoms in total. The summed E-state index contributed by atoms with van der Waals surface area (Å²) in [5.74, 6) is -0.445. The molecular formula is C18H16N4O. The number of carbonyl (C=O) groups excluding carboxylic acids is 1. The number of aromatic nitrogens is 2. The molecule has 0 aliphatic carbocycles. The summed E-state index contributed by atoms with van der Waals surface area (Å²) in [6.45, 7) is 1.69. The molecule has 0 saturated heterocycles. The first kappa shape index (κ1) is 14.7. The third kappa shape index (κ3) is 2.89. The number of hydrogen-bond donors (Lipinski definition) is 2. The van der Waals surface area contributed by atoms with Crippen LogP contribution in [-0.2, 0) is 0 Å². The molecule has 0 fully saturated rings. The summed E-state index contributed by atoms with van der Waals surface area (Å²) >= 11 is 0. The fraction of sp³-hybridized carbons (Fsp3) is 0.0556. The van der Waals surface area contributed by atoms with Gasteiger partial charge in [-0.25, -0.2) is 9.97 Å². The predicted octanol–water partition coefficient (Wildman–Crippen LogP) is 2.80. The Balaban J connectivity index is 2.08. The van der Waals surface area contributed by atoms with Crippen molar-refractivity contribution < 1.29 is 4.79 Å². The lowest BCUT2D eigenvalue weighted by molar-refractivity contribution is 0.0999. The Morgan fingerprint density at radius 1 is 0.870 bits per heavy atom. The van der Waals surface area contributed by atoms with Crippen LogP contribution in [0.3, 0.4) is 0 Å². The monoisotopic (exact) mass is 304 g/mol. The van der Waals surface area contributed by atoms with Gasteiger partial charge in [-0.05, 0) is 18.1 Å². The van der Waals surface area contributed by atoms with Crippen molar-refractivity contribution in [3.63, 3.8) is 0 Å².